The van der Waals surface area contributed by atoms with Crippen molar-refractivity contribution in [3.63, 3.8) is 0 Å². The number of nitrogens with zero attached hydrogens (tertiary/aromatic N) is 2. The maximum atomic E-state index is 13.0. The minimum atomic E-state index is -0.253. The maximum absolute atomic E-state index is 13.0. The lowest BCUT2D eigenvalue weighted by Crippen LogP contribution is -2.48. The predicted octanol–water partition coefficient (Wildman–Crippen LogP) is 3.58. The number of benzene rings is 2. The Kier molecular flexibility index (Phi) is 7.43. The van der Waals surface area contributed by atoms with Gasteiger partial charge in [0.15, 0.2) is 0 Å². The molecule has 6 nitrogen and oxygen atoms in total. The lowest BCUT2D eigenvalue weighted by atomic mass is 9.90. The first-order chi connectivity index (χ1) is 15.6. The van der Waals surface area contributed by atoms with E-state index in [2.05, 4.69) is 29.6 Å². The highest BCUT2D eigenvalue weighted by atomic mass is 16.5. The highest BCUT2D eigenvalue weighted by molar-refractivity contribution is 5.95. The molecular formula is C26H33N3O3. The molecule has 2 aliphatic rings. The zero-order valence-electron chi connectivity index (χ0n) is 18.8. The molecule has 2 aliphatic heterocycles. The molecule has 170 valence electrons. The molecule has 0 spiro atoms. The Bertz CT molecular complexity index is 892. The third kappa shape index (κ3) is 5.68. The monoisotopic (exact) mass is 435 g/mol. The van der Waals surface area contributed by atoms with Gasteiger partial charge < -0.3 is 15.0 Å². The molecule has 0 radical (unpaired) electrons. The number of anilines is 1. The van der Waals surface area contributed by atoms with Gasteiger partial charge in [-0.05, 0) is 74.4 Å². The van der Waals surface area contributed by atoms with Crippen LogP contribution >= 0.6 is 0 Å². The van der Waals surface area contributed by atoms with Crippen LogP contribution in [0, 0.1) is 5.92 Å². The summed E-state index contributed by atoms with van der Waals surface area (Å²) in [6, 6.07) is 17.7. The molecular weight excluding hydrogens is 402 g/mol. The molecule has 6 heteroatoms. The van der Waals surface area contributed by atoms with Gasteiger partial charge in [0.1, 0.15) is 5.75 Å². The summed E-state index contributed by atoms with van der Waals surface area (Å²) in [4.78, 5) is 29.8. The van der Waals surface area contributed by atoms with E-state index in [1.54, 1.807) is 7.11 Å². The Morgan fingerprint density at radius 1 is 0.969 bits per heavy atom. The summed E-state index contributed by atoms with van der Waals surface area (Å²) in [5.74, 6) is 1.49. The number of piperidine rings is 1. The van der Waals surface area contributed by atoms with E-state index in [1.807, 2.05) is 40.1 Å². The van der Waals surface area contributed by atoms with Crippen LogP contribution in [0.4, 0.5) is 5.69 Å². The number of ether oxygens (including phenoxy) is 1. The molecule has 0 aromatic heterocycles. The van der Waals surface area contributed by atoms with Crippen molar-refractivity contribution >= 4 is 17.5 Å². The number of hydrogen-bond acceptors (Lipinski definition) is 4. The van der Waals surface area contributed by atoms with Crippen molar-refractivity contribution in [2.24, 2.45) is 5.92 Å². The third-order valence-corrected chi connectivity index (χ3v) is 6.70. The first-order valence-corrected chi connectivity index (χ1v) is 11.6. The van der Waals surface area contributed by atoms with E-state index < -0.39 is 0 Å². The van der Waals surface area contributed by atoms with Gasteiger partial charge in [-0.3, -0.25) is 14.5 Å². The minimum Gasteiger partial charge on any atom is -0.497 e. The van der Waals surface area contributed by atoms with E-state index in [9.17, 15) is 9.59 Å². The van der Waals surface area contributed by atoms with Gasteiger partial charge in [0, 0.05) is 18.8 Å². The second-order valence-electron chi connectivity index (χ2n) is 8.86. The van der Waals surface area contributed by atoms with E-state index in [-0.39, 0.29) is 17.9 Å². The molecule has 2 heterocycles. The molecule has 0 saturated carbocycles. The molecule has 0 bridgehead atoms. The first kappa shape index (κ1) is 22.3. The quantitative estimate of drug-likeness (QED) is 0.722. The van der Waals surface area contributed by atoms with E-state index in [0.29, 0.717) is 12.5 Å². The van der Waals surface area contributed by atoms with Crippen LogP contribution in [0.15, 0.2) is 54.6 Å². The highest BCUT2D eigenvalue weighted by Crippen LogP contribution is 2.24. The Morgan fingerprint density at radius 2 is 1.69 bits per heavy atom. The summed E-state index contributed by atoms with van der Waals surface area (Å²) in [5.41, 5.74) is 2.12. The number of rotatable bonds is 7. The summed E-state index contributed by atoms with van der Waals surface area (Å²) in [7, 11) is 1.62. The van der Waals surface area contributed by atoms with Gasteiger partial charge in [-0.2, -0.15) is 0 Å². The van der Waals surface area contributed by atoms with Gasteiger partial charge in [0.25, 0.3) is 0 Å². The fourth-order valence-electron chi connectivity index (χ4n) is 4.82. The normalized spacial score (nSPS) is 19.7. The second-order valence-corrected chi connectivity index (χ2v) is 8.86. The van der Waals surface area contributed by atoms with E-state index in [0.717, 1.165) is 63.2 Å². The van der Waals surface area contributed by atoms with Crippen molar-refractivity contribution < 1.29 is 14.3 Å². The van der Waals surface area contributed by atoms with E-state index in [1.165, 1.54) is 5.56 Å². The average Bonchev–Trinajstić information content (AvgIpc) is 3.29. The second kappa shape index (κ2) is 10.6. The topological polar surface area (TPSA) is 61.9 Å². The Labute approximate surface area is 190 Å². The molecule has 32 heavy (non-hydrogen) atoms. The molecule has 4 rings (SSSR count). The zero-order valence-corrected chi connectivity index (χ0v) is 18.8. The van der Waals surface area contributed by atoms with Crippen molar-refractivity contribution in [1.82, 2.24) is 9.80 Å². The van der Waals surface area contributed by atoms with Crippen molar-refractivity contribution in [3.05, 3.63) is 60.2 Å². The lowest BCUT2D eigenvalue weighted by Gasteiger charge is -2.34. The summed E-state index contributed by atoms with van der Waals surface area (Å²) in [6.45, 7) is 2.74. The fourth-order valence-corrected chi connectivity index (χ4v) is 4.82. The molecule has 2 amide bonds. The smallest absolute Gasteiger partial charge is 0.241 e. The van der Waals surface area contributed by atoms with Crippen LogP contribution < -0.4 is 10.1 Å². The number of amides is 2. The van der Waals surface area contributed by atoms with Gasteiger partial charge >= 0.3 is 0 Å². The number of nitrogens with one attached hydrogen (secondary N) is 1. The van der Waals surface area contributed by atoms with Crippen LogP contribution in [-0.2, 0) is 16.0 Å². The molecule has 2 aromatic rings. The Morgan fingerprint density at radius 3 is 2.38 bits per heavy atom. The predicted molar refractivity (Wildman–Crippen MR) is 126 cm³/mol. The van der Waals surface area contributed by atoms with Crippen molar-refractivity contribution in [3.8, 4) is 5.75 Å². The average molecular weight is 436 g/mol. The van der Waals surface area contributed by atoms with Crippen molar-refractivity contribution in [2.75, 3.05) is 38.6 Å². The van der Waals surface area contributed by atoms with Gasteiger partial charge in [0.05, 0.1) is 19.7 Å². The standard InChI is InChI=1S/C26H33N3O3/c1-32-23-11-9-22(10-12-23)27-26(31)24-8-5-15-29(24)19-25(30)28-16-13-21(14-17-28)18-20-6-3-2-4-7-20/h2-4,6-7,9-12,21,24H,5,8,13-19H2,1H3,(H,27,31). The molecule has 2 aromatic carbocycles. The Balaban J connectivity index is 1.25. The van der Waals surface area contributed by atoms with Crippen LogP contribution in [0.5, 0.6) is 5.75 Å². The van der Waals surface area contributed by atoms with Gasteiger partial charge in [-0.1, -0.05) is 30.3 Å². The number of hydrogen-bond donors (Lipinski definition) is 1. The number of carbonyl (C=O) groups is 2. The van der Waals surface area contributed by atoms with Gasteiger partial charge in [-0.15, -0.1) is 0 Å². The molecule has 1 N–H and O–H groups in total. The largest absolute Gasteiger partial charge is 0.497 e. The SMILES string of the molecule is COc1ccc(NC(=O)C2CCCN2CC(=O)N2CCC(Cc3ccccc3)CC2)cc1. The molecule has 0 aliphatic carbocycles. The molecule has 1 unspecified atom stereocenters. The van der Waals surface area contributed by atoms with Crippen LogP contribution in [-0.4, -0.2) is 60.9 Å². The van der Waals surface area contributed by atoms with Crippen molar-refractivity contribution in [2.45, 2.75) is 38.1 Å². The van der Waals surface area contributed by atoms with E-state index in [4.69, 9.17) is 4.74 Å². The summed E-state index contributed by atoms with van der Waals surface area (Å²) < 4.78 is 5.17. The molecule has 2 saturated heterocycles. The number of carbonyl (C=O) groups excluding carboxylic acids is 2. The van der Waals surface area contributed by atoms with Crippen LogP contribution in [0.1, 0.15) is 31.2 Å². The van der Waals surface area contributed by atoms with Gasteiger partial charge in [-0.25, -0.2) is 0 Å². The van der Waals surface area contributed by atoms with Crippen LogP contribution in [0.2, 0.25) is 0 Å². The maximum Gasteiger partial charge on any atom is 0.241 e. The summed E-state index contributed by atoms with van der Waals surface area (Å²) >= 11 is 0. The van der Waals surface area contributed by atoms with Crippen LogP contribution in [0.25, 0.3) is 0 Å². The van der Waals surface area contributed by atoms with Gasteiger partial charge in [0.2, 0.25) is 11.8 Å². The first-order valence-electron chi connectivity index (χ1n) is 11.6. The Hall–Kier alpha value is -2.86. The van der Waals surface area contributed by atoms with E-state index >= 15 is 0 Å². The number of methoxy groups -OCH3 is 1. The zero-order chi connectivity index (χ0) is 22.3. The highest BCUT2D eigenvalue weighted by Gasteiger charge is 2.33. The fraction of sp³-hybridized carbons (Fsp3) is 0.462. The molecule has 1 atom stereocenters. The minimum absolute atomic E-state index is 0.0398. The summed E-state index contributed by atoms with van der Waals surface area (Å²) in [6.07, 6.45) is 4.90. The van der Waals surface area contributed by atoms with Crippen LogP contribution in [0.3, 0.4) is 0 Å². The molecule has 2 fully saturated rings. The van der Waals surface area contributed by atoms with Crippen molar-refractivity contribution in [1.29, 1.82) is 0 Å². The third-order valence-electron chi connectivity index (χ3n) is 6.70. The lowest BCUT2D eigenvalue weighted by molar-refractivity contribution is -0.134. The number of likely N-dealkylation sites (tertiary alicyclic amines) is 2. The summed E-state index contributed by atoms with van der Waals surface area (Å²) in [5, 5.41) is 2.99.